The van der Waals surface area contributed by atoms with E-state index < -0.39 is 34.5 Å². The van der Waals surface area contributed by atoms with Gasteiger partial charge in [-0.05, 0) is 6.92 Å². The van der Waals surface area contributed by atoms with E-state index in [0.29, 0.717) is 0 Å². The van der Waals surface area contributed by atoms with Gasteiger partial charge in [0, 0.05) is 5.56 Å². The van der Waals surface area contributed by atoms with Crippen molar-refractivity contribution in [3.05, 3.63) is 40.2 Å². The first-order valence-corrected chi connectivity index (χ1v) is 3.20. The number of nitrogens with zero attached hydrogens (tertiary/aromatic N) is 1. The second-order valence-electron chi connectivity index (χ2n) is 2.34. The average molecular weight is 189 g/mol. The van der Waals surface area contributed by atoms with Gasteiger partial charge in [-0.2, -0.15) is 0 Å². The molecule has 0 aliphatic rings. The molecular weight excluding hydrogens is 186 g/mol. The Morgan fingerprint density at radius 3 is 1.62 bits per heavy atom. The Morgan fingerprint density at radius 2 is 1.31 bits per heavy atom. The predicted octanol–water partition coefficient (Wildman–Crippen LogP) is 3.10. The van der Waals surface area contributed by atoms with Crippen molar-refractivity contribution >= 4 is 5.69 Å². The van der Waals surface area contributed by atoms with Crippen LogP contribution in [0.15, 0.2) is 0 Å². The van der Waals surface area contributed by atoms with Gasteiger partial charge in [0.2, 0.25) is 0 Å². The molecule has 0 radical (unpaired) electrons. The van der Waals surface area contributed by atoms with Gasteiger partial charge in [-0.15, -0.1) is 0 Å². The molecule has 0 aliphatic heterocycles. The fraction of sp³-hybridized carbons (Fsp3) is 0.125. The van der Waals surface area contributed by atoms with Crippen LogP contribution in [0.4, 0.5) is 23.2 Å². The summed E-state index contributed by atoms with van der Waals surface area (Å²) in [4.78, 5) is 2.35. The smallest absolute Gasteiger partial charge is 0.232 e. The summed E-state index contributed by atoms with van der Waals surface area (Å²) < 4.78 is 50.8. The molecule has 0 fully saturated rings. The molecule has 13 heavy (non-hydrogen) atoms. The Morgan fingerprint density at radius 1 is 0.923 bits per heavy atom. The SMILES string of the molecule is [C-]#[N+]c1c(F)c(F)c(C)c(F)c1F. The first-order valence-electron chi connectivity index (χ1n) is 3.20. The van der Waals surface area contributed by atoms with Crippen LogP contribution in [0.1, 0.15) is 5.56 Å². The van der Waals surface area contributed by atoms with E-state index in [1.807, 2.05) is 0 Å². The van der Waals surface area contributed by atoms with Crippen molar-refractivity contribution in [3.8, 4) is 0 Å². The zero-order chi connectivity index (χ0) is 10.2. The maximum atomic E-state index is 12.7. The molecule has 0 heterocycles. The first kappa shape index (κ1) is 9.52. The van der Waals surface area contributed by atoms with Crippen LogP contribution in [0.2, 0.25) is 0 Å². The lowest BCUT2D eigenvalue weighted by atomic mass is 10.2. The van der Waals surface area contributed by atoms with Crippen LogP contribution < -0.4 is 0 Å². The Hall–Kier alpha value is -1.57. The van der Waals surface area contributed by atoms with Crippen LogP contribution in [0.5, 0.6) is 0 Å². The fourth-order valence-corrected chi connectivity index (χ4v) is 0.828. The summed E-state index contributed by atoms with van der Waals surface area (Å²) in [5.74, 6) is -6.34. The summed E-state index contributed by atoms with van der Waals surface area (Å²) in [6.45, 7) is 7.19. The summed E-state index contributed by atoms with van der Waals surface area (Å²) in [6, 6.07) is 0. The Balaban J connectivity index is 3.69. The molecule has 1 aromatic rings. The quantitative estimate of drug-likeness (QED) is 0.335. The number of halogens is 4. The van der Waals surface area contributed by atoms with Crippen molar-refractivity contribution in [2.24, 2.45) is 0 Å². The maximum Gasteiger partial charge on any atom is 0.262 e. The van der Waals surface area contributed by atoms with Gasteiger partial charge in [-0.25, -0.2) is 22.4 Å². The van der Waals surface area contributed by atoms with Crippen molar-refractivity contribution in [3.63, 3.8) is 0 Å². The van der Waals surface area contributed by atoms with Crippen LogP contribution in [0, 0.1) is 36.8 Å². The van der Waals surface area contributed by atoms with E-state index in [4.69, 9.17) is 6.57 Å². The second kappa shape index (κ2) is 3.05. The van der Waals surface area contributed by atoms with Crippen molar-refractivity contribution in [1.29, 1.82) is 0 Å². The Bertz CT molecular complexity index is 377. The van der Waals surface area contributed by atoms with Gasteiger partial charge >= 0.3 is 0 Å². The van der Waals surface area contributed by atoms with Crippen molar-refractivity contribution in [2.75, 3.05) is 0 Å². The molecule has 0 spiro atoms. The van der Waals surface area contributed by atoms with Crippen LogP contribution in [-0.2, 0) is 0 Å². The number of hydrogen-bond acceptors (Lipinski definition) is 0. The summed E-state index contributed by atoms with van der Waals surface area (Å²) in [6.07, 6.45) is 0. The Kier molecular flexibility index (Phi) is 2.24. The van der Waals surface area contributed by atoms with Crippen LogP contribution in [0.25, 0.3) is 4.85 Å². The van der Waals surface area contributed by atoms with Gasteiger partial charge in [0.25, 0.3) is 5.69 Å². The highest BCUT2D eigenvalue weighted by Crippen LogP contribution is 2.29. The van der Waals surface area contributed by atoms with Gasteiger partial charge in [0.15, 0.2) is 23.3 Å². The highest BCUT2D eigenvalue weighted by molar-refractivity contribution is 5.50. The normalized spacial score (nSPS) is 9.85. The largest absolute Gasteiger partial charge is 0.262 e. The van der Waals surface area contributed by atoms with Crippen LogP contribution in [-0.4, -0.2) is 0 Å². The molecule has 0 saturated heterocycles. The molecule has 68 valence electrons. The van der Waals surface area contributed by atoms with Gasteiger partial charge in [-0.3, -0.25) is 0 Å². The molecule has 1 rings (SSSR count). The molecule has 0 atom stereocenters. The third-order valence-corrected chi connectivity index (χ3v) is 1.57. The molecule has 5 heteroatoms. The number of hydrogen-bond donors (Lipinski definition) is 0. The summed E-state index contributed by atoms with van der Waals surface area (Å²) in [7, 11) is 0. The van der Waals surface area contributed by atoms with Crippen LogP contribution >= 0.6 is 0 Å². The highest BCUT2D eigenvalue weighted by atomic mass is 19.2. The third kappa shape index (κ3) is 1.24. The van der Waals surface area contributed by atoms with Gasteiger partial charge in [0.1, 0.15) is 0 Å². The zero-order valence-corrected chi connectivity index (χ0v) is 6.46. The average Bonchev–Trinajstić information content (AvgIpc) is 2.13. The summed E-state index contributed by atoms with van der Waals surface area (Å²) in [5.41, 5.74) is -2.01. The third-order valence-electron chi connectivity index (χ3n) is 1.57. The van der Waals surface area contributed by atoms with Gasteiger partial charge in [0.05, 0.1) is 6.57 Å². The molecule has 1 nitrogen and oxygen atoms in total. The first-order chi connectivity index (χ1) is 6.00. The lowest BCUT2D eigenvalue weighted by Gasteiger charge is -2.03. The summed E-state index contributed by atoms with van der Waals surface area (Å²) >= 11 is 0. The lowest BCUT2D eigenvalue weighted by Crippen LogP contribution is -1.98. The van der Waals surface area contributed by atoms with Gasteiger partial charge in [-0.1, -0.05) is 0 Å². The minimum atomic E-state index is -1.65. The molecule has 0 aliphatic carbocycles. The van der Waals surface area contributed by atoms with E-state index in [0.717, 1.165) is 6.92 Å². The molecule has 0 aromatic heterocycles. The number of benzene rings is 1. The minimum Gasteiger partial charge on any atom is -0.232 e. The van der Waals surface area contributed by atoms with E-state index in [1.165, 1.54) is 0 Å². The van der Waals surface area contributed by atoms with Crippen molar-refractivity contribution in [1.82, 2.24) is 0 Å². The van der Waals surface area contributed by atoms with E-state index in [-0.39, 0.29) is 0 Å². The van der Waals surface area contributed by atoms with E-state index in [1.54, 1.807) is 0 Å². The standard InChI is InChI=1S/C8H3F4N/c1-3-4(9)6(11)8(13-2)7(12)5(3)10/h1H3. The zero-order valence-electron chi connectivity index (χ0n) is 6.46. The predicted molar refractivity (Wildman–Crippen MR) is 37.3 cm³/mol. The van der Waals surface area contributed by atoms with Crippen molar-refractivity contribution < 1.29 is 17.6 Å². The van der Waals surface area contributed by atoms with E-state index >= 15 is 0 Å². The maximum absolute atomic E-state index is 12.7. The second-order valence-corrected chi connectivity index (χ2v) is 2.34. The van der Waals surface area contributed by atoms with E-state index in [2.05, 4.69) is 4.85 Å². The Labute approximate surface area is 71.4 Å². The van der Waals surface area contributed by atoms with Crippen LogP contribution in [0.3, 0.4) is 0 Å². The molecule has 0 bridgehead atoms. The molecule has 0 amide bonds. The topological polar surface area (TPSA) is 4.36 Å². The molecule has 1 aromatic carbocycles. The molecule has 0 unspecified atom stereocenters. The highest BCUT2D eigenvalue weighted by Gasteiger charge is 2.22. The van der Waals surface area contributed by atoms with Gasteiger partial charge < -0.3 is 0 Å². The molecule has 0 saturated carbocycles. The number of rotatable bonds is 0. The monoisotopic (exact) mass is 189 g/mol. The summed E-state index contributed by atoms with van der Waals surface area (Å²) in [5, 5.41) is 0. The lowest BCUT2D eigenvalue weighted by molar-refractivity contribution is 0.452. The molecular formula is C8H3F4N. The van der Waals surface area contributed by atoms with Crippen molar-refractivity contribution in [2.45, 2.75) is 6.92 Å². The minimum absolute atomic E-state index is 0.762. The fourth-order valence-electron chi connectivity index (χ4n) is 0.828. The molecule has 0 N–H and O–H groups in total. The van der Waals surface area contributed by atoms with E-state index in [9.17, 15) is 17.6 Å².